The third-order valence-corrected chi connectivity index (χ3v) is 3.48. The predicted octanol–water partition coefficient (Wildman–Crippen LogP) is 0.225. The van der Waals surface area contributed by atoms with Gasteiger partial charge >= 0.3 is 0 Å². The van der Waals surface area contributed by atoms with E-state index in [0.717, 1.165) is 0 Å². The Balaban J connectivity index is 2.07. The zero-order valence-corrected chi connectivity index (χ0v) is 11.0. The van der Waals surface area contributed by atoms with Crippen LogP contribution < -0.4 is 16.2 Å². The van der Waals surface area contributed by atoms with Gasteiger partial charge in [-0.25, -0.2) is 13.6 Å². The molecule has 2 aromatic rings. The highest BCUT2D eigenvalue weighted by Crippen LogP contribution is 2.21. The molecular formula is C11H15N5O2S. The maximum absolute atomic E-state index is 11.3. The fraction of sp³-hybridized carbons (Fsp3) is 0.182. The summed E-state index contributed by atoms with van der Waals surface area (Å²) in [6.07, 6.45) is 3.53. The van der Waals surface area contributed by atoms with Crippen molar-refractivity contribution in [3.05, 3.63) is 36.7 Å². The number of primary sulfonamides is 1. The number of nitrogens with two attached hydrogens (primary N) is 2. The molecule has 1 aromatic carbocycles. The van der Waals surface area contributed by atoms with Crippen molar-refractivity contribution in [2.45, 2.75) is 11.4 Å². The van der Waals surface area contributed by atoms with Crippen LogP contribution in [0.4, 0.5) is 11.4 Å². The van der Waals surface area contributed by atoms with Crippen LogP contribution in [-0.2, 0) is 16.6 Å². The number of sulfonamides is 1. The third kappa shape index (κ3) is 3.46. The van der Waals surface area contributed by atoms with Crippen LogP contribution in [0.15, 0.2) is 41.6 Å². The smallest absolute Gasteiger partial charge is 0.238 e. The van der Waals surface area contributed by atoms with Gasteiger partial charge in [-0.3, -0.25) is 4.68 Å². The quantitative estimate of drug-likeness (QED) is 0.678. The van der Waals surface area contributed by atoms with E-state index in [0.29, 0.717) is 24.5 Å². The van der Waals surface area contributed by atoms with Gasteiger partial charge < -0.3 is 11.1 Å². The Morgan fingerprint density at radius 2 is 2.16 bits per heavy atom. The lowest BCUT2D eigenvalue weighted by Gasteiger charge is -2.10. The van der Waals surface area contributed by atoms with Gasteiger partial charge in [0.15, 0.2) is 0 Å². The topological polar surface area (TPSA) is 116 Å². The molecule has 0 radical (unpaired) electrons. The lowest BCUT2D eigenvalue weighted by atomic mass is 10.2. The van der Waals surface area contributed by atoms with E-state index in [4.69, 9.17) is 10.9 Å². The minimum absolute atomic E-state index is 0.0308. The number of nitrogen functional groups attached to an aromatic ring is 1. The van der Waals surface area contributed by atoms with E-state index >= 15 is 0 Å². The van der Waals surface area contributed by atoms with Crippen LogP contribution in [-0.4, -0.2) is 24.7 Å². The molecule has 102 valence electrons. The Kier molecular flexibility index (Phi) is 3.72. The first-order chi connectivity index (χ1) is 8.97. The third-order valence-electron chi connectivity index (χ3n) is 2.57. The van der Waals surface area contributed by atoms with E-state index < -0.39 is 10.0 Å². The first-order valence-corrected chi connectivity index (χ1v) is 7.15. The minimum atomic E-state index is -3.72. The fourth-order valence-electron chi connectivity index (χ4n) is 1.60. The maximum atomic E-state index is 11.3. The van der Waals surface area contributed by atoms with Gasteiger partial charge in [0, 0.05) is 18.9 Å². The Hall–Kier alpha value is -2.06. The van der Waals surface area contributed by atoms with Crippen LogP contribution in [0.2, 0.25) is 0 Å². The molecule has 1 aromatic heterocycles. The highest BCUT2D eigenvalue weighted by molar-refractivity contribution is 7.89. The number of nitrogens with zero attached hydrogens (tertiary/aromatic N) is 2. The highest BCUT2D eigenvalue weighted by atomic mass is 32.2. The highest BCUT2D eigenvalue weighted by Gasteiger charge is 2.10. The van der Waals surface area contributed by atoms with Gasteiger partial charge in [-0.2, -0.15) is 5.10 Å². The van der Waals surface area contributed by atoms with E-state index in [2.05, 4.69) is 10.4 Å². The zero-order valence-electron chi connectivity index (χ0n) is 10.2. The zero-order chi connectivity index (χ0) is 13.9. The average molecular weight is 281 g/mol. The van der Waals surface area contributed by atoms with E-state index in [9.17, 15) is 8.42 Å². The largest absolute Gasteiger partial charge is 0.397 e. The molecule has 7 nitrogen and oxygen atoms in total. The summed E-state index contributed by atoms with van der Waals surface area (Å²) in [4.78, 5) is 0.0308. The Labute approximate surface area is 111 Å². The molecule has 2 rings (SSSR count). The molecule has 0 saturated carbocycles. The number of rotatable bonds is 5. The van der Waals surface area contributed by atoms with Gasteiger partial charge in [0.1, 0.15) is 0 Å². The number of anilines is 2. The second-order valence-corrected chi connectivity index (χ2v) is 5.55. The summed E-state index contributed by atoms with van der Waals surface area (Å²) in [6.45, 7) is 1.21. The number of hydrogen-bond acceptors (Lipinski definition) is 5. The van der Waals surface area contributed by atoms with Crippen molar-refractivity contribution in [1.82, 2.24) is 9.78 Å². The normalized spacial score (nSPS) is 11.4. The lowest BCUT2D eigenvalue weighted by molar-refractivity contribution is 0.598. The number of nitrogens with one attached hydrogen (secondary N) is 1. The van der Waals surface area contributed by atoms with Crippen molar-refractivity contribution < 1.29 is 8.42 Å². The molecule has 0 spiro atoms. The van der Waals surface area contributed by atoms with Gasteiger partial charge in [-0.05, 0) is 24.3 Å². The van der Waals surface area contributed by atoms with Crippen molar-refractivity contribution >= 4 is 21.4 Å². The van der Waals surface area contributed by atoms with Crippen LogP contribution >= 0.6 is 0 Å². The van der Waals surface area contributed by atoms with Crippen LogP contribution in [0.25, 0.3) is 0 Å². The molecule has 1 heterocycles. The molecular weight excluding hydrogens is 266 g/mol. The van der Waals surface area contributed by atoms with Crippen molar-refractivity contribution in [2.75, 3.05) is 17.6 Å². The van der Waals surface area contributed by atoms with Gasteiger partial charge in [0.05, 0.1) is 22.8 Å². The summed E-state index contributed by atoms with van der Waals surface area (Å²) >= 11 is 0. The second-order valence-electron chi connectivity index (χ2n) is 3.99. The van der Waals surface area contributed by atoms with E-state index in [1.165, 1.54) is 18.2 Å². The van der Waals surface area contributed by atoms with Crippen molar-refractivity contribution in [3.8, 4) is 0 Å². The standard InChI is InChI=1S/C11H15N5O2S/c12-10-3-2-9(19(13,17)18)8-11(10)14-5-7-16-6-1-4-15-16/h1-4,6,8,14H,5,7,12H2,(H2,13,17,18). The summed E-state index contributed by atoms with van der Waals surface area (Å²) in [5, 5.41) is 12.2. The van der Waals surface area contributed by atoms with Gasteiger partial charge in [-0.15, -0.1) is 0 Å². The molecule has 8 heteroatoms. The van der Waals surface area contributed by atoms with E-state index in [1.807, 2.05) is 12.3 Å². The Bertz CT molecular complexity index is 652. The summed E-state index contributed by atoms with van der Waals surface area (Å²) in [6, 6.07) is 6.14. The molecule has 0 unspecified atom stereocenters. The van der Waals surface area contributed by atoms with E-state index in [1.54, 1.807) is 10.9 Å². The summed E-state index contributed by atoms with van der Waals surface area (Å²) in [7, 11) is -3.72. The predicted molar refractivity (Wildman–Crippen MR) is 72.9 cm³/mol. The minimum Gasteiger partial charge on any atom is -0.397 e. The van der Waals surface area contributed by atoms with E-state index in [-0.39, 0.29) is 4.90 Å². The summed E-state index contributed by atoms with van der Waals surface area (Å²) < 4.78 is 24.3. The first-order valence-electron chi connectivity index (χ1n) is 5.60. The van der Waals surface area contributed by atoms with Crippen LogP contribution in [0.3, 0.4) is 0 Å². The fourth-order valence-corrected chi connectivity index (χ4v) is 2.14. The molecule has 19 heavy (non-hydrogen) atoms. The van der Waals surface area contributed by atoms with Crippen LogP contribution in [0, 0.1) is 0 Å². The monoisotopic (exact) mass is 281 g/mol. The number of aromatic nitrogens is 2. The Morgan fingerprint density at radius 1 is 1.37 bits per heavy atom. The molecule has 0 aliphatic rings. The van der Waals surface area contributed by atoms with Crippen molar-refractivity contribution in [1.29, 1.82) is 0 Å². The number of benzene rings is 1. The molecule has 0 atom stereocenters. The summed E-state index contributed by atoms with van der Waals surface area (Å²) in [5.41, 5.74) is 6.78. The Morgan fingerprint density at radius 3 is 2.79 bits per heavy atom. The molecule has 0 aliphatic carbocycles. The van der Waals surface area contributed by atoms with Gasteiger partial charge in [0.25, 0.3) is 0 Å². The second kappa shape index (κ2) is 5.29. The molecule has 0 aliphatic heterocycles. The van der Waals surface area contributed by atoms with Crippen LogP contribution in [0.5, 0.6) is 0 Å². The van der Waals surface area contributed by atoms with Crippen LogP contribution in [0.1, 0.15) is 0 Å². The lowest BCUT2D eigenvalue weighted by Crippen LogP contribution is -2.15. The molecule has 0 saturated heterocycles. The average Bonchev–Trinajstić information content (AvgIpc) is 2.83. The first kappa shape index (κ1) is 13.4. The molecule has 5 N–H and O–H groups in total. The maximum Gasteiger partial charge on any atom is 0.238 e. The van der Waals surface area contributed by atoms with Gasteiger partial charge in [-0.1, -0.05) is 0 Å². The van der Waals surface area contributed by atoms with Gasteiger partial charge in [0.2, 0.25) is 10.0 Å². The van der Waals surface area contributed by atoms with Crippen molar-refractivity contribution in [2.24, 2.45) is 5.14 Å². The van der Waals surface area contributed by atoms with Crippen molar-refractivity contribution in [3.63, 3.8) is 0 Å². The molecule has 0 bridgehead atoms. The summed E-state index contributed by atoms with van der Waals surface area (Å²) in [5.74, 6) is 0. The SMILES string of the molecule is Nc1ccc(S(N)(=O)=O)cc1NCCn1cccn1. The molecule has 0 amide bonds. The molecule has 0 fully saturated rings. The number of hydrogen-bond donors (Lipinski definition) is 3.